The van der Waals surface area contributed by atoms with Gasteiger partial charge < -0.3 is 52.7 Å². The lowest BCUT2D eigenvalue weighted by Gasteiger charge is -2.45. The highest BCUT2D eigenvalue weighted by Gasteiger charge is 2.63. The van der Waals surface area contributed by atoms with Gasteiger partial charge in [-0.1, -0.05) is 0 Å². The zero-order chi connectivity index (χ0) is 31.1. The van der Waals surface area contributed by atoms with Crippen molar-refractivity contribution >= 4 is 29.8 Å². The summed E-state index contributed by atoms with van der Waals surface area (Å²) in [5.41, 5.74) is 0. The second-order valence-corrected chi connectivity index (χ2v) is 11.2. The topological polar surface area (TPSA) is 190 Å². The number of esters is 4. The predicted octanol–water partition coefficient (Wildman–Crippen LogP) is -0.418. The molecule has 1 amide bonds. The maximum atomic E-state index is 13.8. The Morgan fingerprint density at radius 3 is 1.76 bits per heavy atom. The minimum atomic E-state index is -1.50. The molecule has 0 spiro atoms. The Balaban J connectivity index is 1.64. The van der Waals surface area contributed by atoms with Crippen molar-refractivity contribution in [3.8, 4) is 0 Å². The fourth-order valence-corrected chi connectivity index (χ4v) is 5.39. The third-order valence-corrected chi connectivity index (χ3v) is 6.69. The van der Waals surface area contributed by atoms with Gasteiger partial charge in [0, 0.05) is 27.7 Å². The summed E-state index contributed by atoms with van der Waals surface area (Å²) >= 11 is 0. The summed E-state index contributed by atoms with van der Waals surface area (Å²) < 4.78 is 57.1. The normalized spacial score (nSPS) is 37.9. The van der Waals surface area contributed by atoms with E-state index in [0.29, 0.717) is 0 Å². The van der Waals surface area contributed by atoms with Crippen LogP contribution in [-0.4, -0.2) is 109 Å². The van der Waals surface area contributed by atoms with Crippen LogP contribution in [0, 0.1) is 0 Å². The zero-order valence-corrected chi connectivity index (χ0v) is 24.6. The summed E-state index contributed by atoms with van der Waals surface area (Å²) in [6.45, 7) is 10.7. The van der Waals surface area contributed by atoms with Crippen molar-refractivity contribution < 1.29 is 71.3 Å². The van der Waals surface area contributed by atoms with Crippen LogP contribution < -0.4 is 5.32 Å². The van der Waals surface area contributed by atoms with Crippen LogP contribution in [0.15, 0.2) is 0 Å². The van der Waals surface area contributed by atoms with Crippen molar-refractivity contribution in [1.29, 1.82) is 0 Å². The van der Waals surface area contributed by atoms with E-state index in [1.54, 1.807) is 27.7 Å². The van der Waals surface area contributed by atoms with Gasteiger partial charge in [-0.2, -0.15) is 0 Å². The average molecular weight is 604 g/mol. The standard InChI is InChI=1S/C26H37NO15/c1-10(28)33-9-14-15(34-11(2)29)16(35-12(3)30)20(36-13(4)31)23(37-14)27-22(32)19-17-18(40-25(5,6)39-17)21-24(38-19)42-26(7,8)41-21/h14-21,23-24H,9H2,1-8H3,(H,27,32)/t14-,15+,16+,17-,18+,19+,20-,21-,23-,24-/m1/s1. The number of ether oxygens (including phenoxy) is 10. The van der Waals surface area contributed by atoms with Gasteiger partial charge in [0.25, 0.3) is 5.91 Å². The van der Waals surface area contributed by atoms with E-state index in [1.807, 2.05) is 0 Å². The number of amides is 1. The molecule has 4 saturated heterocycles. The van der Waals surface area contributed by atoms with Gasteiger partial charge in [0.2, 0.25) is 0 Å². The van der Waals surface area contributed by atoms with Gasteiger partial charge in [-0.15, -0.1) is 0 Å². The second kappa shape index (κ2) is 12.0. The van der Waals surface area contributed by atoms with E-state index in [9.17, 15) is 24.0 Å². The fraction of sp³-hybridized carbons (Fsp3) is 0.808. The molecule has 16 nitrogen and oxygen atoms in total. The largest absolute Gasteiger partial charge is 0.463 e. The monoisotopic (exact) mass is 603 g/mol. The van der Waals surface area contributed by atoms with Crippen molar-refractivity contribution in [2.45, 2.75) is 128 Å². The molecule has 42 heavy (non-hydrogen) atoms. The molecule has 0 aromatic heterocycles. The van der Waals surface area contributed by atoms with Crippen LogP contribution in [-0.2, 0) is 71.3 Å². The Bertz CT molecular complexity index is 1090. The Kier molecular flexibility index (Phi) is 9.16. The highest BCUT2D eigenvalue weighted by atomic mass is 16.9. The molecule has 10 atom stereocenters. The minimum Gasteiger partial charge on any atom is -0.463 e. The summed E-state index contributed by atoms with van der Waals surface area (Å²) in [7, 11) is 0. The third kappa shape index (κ3) is 7.18. The highest BCUT2D eigenvalue weighted by molar-refractivity contribution is 5.82. The van der Waals surface area contributed by atoms with Crippen LogP contribution in [0.1, 0.15) is 55.4 Å². The Hall–Kier alpha value is -2.89. The molecule has 0 aromatic carbocycles. The summed E-state index contributed by atoms with van der Waals surface area (Å²) in [4.78, 5) is 61.5. The predicted molar refractivity (Wildman–Crippen MR) is 133 cm³/mol. The molecular formula is C26H37NO15. The van der Waals surface area contributed by atoms with E-state index in [1.165, 1.54) is 0 Å². The molecule has 0 radical (unpaired) electrons. The minimum absolute atomic E-state index is 0.454. The molecule has 4 aliphatic rings. The number of carbonyl (C=O) groups is 5. The number of hydrogen-bond acceptors (Lipinski definition) is 15. The molecule has 0 unspecified atom stereocenters. The van der Waals surface area contributed by atoms with Crippen LogP contribution in [0.25, 0.3) is 0 Å². The lowest BCUT2D eigenvalue weighted by molar-refractivity contribution is -0.260. The highest BCUT2D eigenvalue weighted by Crippen LogP contribution is 2.44. The Morgan fingerprint density at radius 1 is 0.643 bits per heavy atom. The maximum Gasteiger partial charge on any atom is 0.303 e. The number of rotatable bonds is 7. The van der Waals surface area contributed by atoms with Gasteiger partial charge in [-0.3, -0.25) is 24.0 Å². The molecule has 4 heterocycles. The first-order valence-corrected chi connectivity index (χ1v) is 13.4. The van der Waals surface area contributed by atoms with Crippen LogP contribution in [0.4, 0.5) is 0 Å². The van der Waals surface area contributed by atoms with E-state index in [0.717, 1.165) is 27.7 Å². The third-order valence-electron chi connectivity index (χ3n) is 6.69. The molecule has 0 saturated carbocycles. The van der Waals surface area contributed by atoms with Crippen molar-refractivity contribution in [2.24, 2.45) is 0 Å². The van der Waals surface area contributed by atoms with E-state index in [4.69, 9.17) is 47.4 Å². The Labute approximate surface area is 241 Å². The van der Waals surface area contributed by atoms with E-state index < -0.39 is 109 Å². The molecule has 0 bridgehead atoms. The van der Waals surface area contributed by atoms with Crippen LogP contribution in [0.3, 0.4) is 0 Å². The summed E-state index contributed by atoms with van der Waals surface area (Å²) in [5, 5.41) is 2.61. The first-order chi connectivity index (χ1) is 19.5. The van der Waals surface area contributed by atoms with Gasteiger partial charge in [0.1, 0.15) is 31.0 Å². The smallest absolute Gasteiger partial charge is 0.303 e. The molecule has 16 heteroatoms. The van der Waals surface area contributed by atoms with Crippen LogP contribution in [0.5, 0.6) is 0 Å². The van der Waals surface area contributed by atoms with Crippen molar-refractivity contribution in [2.75, 3.05) is 6.61 Å². The molecule has 4 fully saturated rings. The SMILES string of the molecule is CC(=O)OC[C@H]1O[C@@H](NC(=O)[C@H]2O[C@@H]3OC(C)(C)O[C@@H]3[C@H]3OC(C)(C)O[C@H]32)[C@H](OC(C)=O)[C@@H](OC(C)=O)[C@H]1OC(C)=O. The van der Waals surface area contributed by atoms with E-state index in [2.05, 4.69) is 5.32 Å². The Morgan fingerprint density at radius 2 is 1.17 bits per heavy atom. The molecule has 0 aromatic rings. The van der Waals surface area contributed by atoms with Crippen LogP contribution >= 0.6 is 0 Å². The van der Waals surface area contributed by atoms with Gasteiger partial charge >= 0.3 is 23.9 Å². The molecular weight excluding hydrogens is 566 g/mol. The van der Waals surface area contributed by atoms with Crippen molar-refractivity contribution in [3.05, 3.63) is 0 Å². The molecule has 4 rings (SSSR count). The number of carbonyl (C=O) groups excluding carboxylic acids is 5. The molecule has 1 N–H and O–H groups in total. The number of nitrogens with one attached hydrogen (secondary N) is 1. The first kappa shape index (κ1) is 32.0. The quantitative estimate of drug-likeness (QED) is 0.291. The van der Waals surface area contributed by atoms with E-state index >= 15 is 0 Å². The van der Waals surface area contributed by atoms with Gasteiger partial charge in [-0.25, -0.2) is 0 Å². The molecule has 4 aliphatic heterocycles. The zero-order valence-electron chi connectivity index (χ0n) is 24.6. The summed E-state index contributed by atoms with van der Waals surface area (Å²) in [5.74, 6) is -5.97. The second-order valence-electron chi connectivity index (χ2n) is 11.2. The van der Waals surface area contributed by atoms with Gasteiger partial charge in [-0.05, 0) is 27.7 Å². The van der Waals surface area contributed by atoms with Crippen molar-refractivity contribution in [1.82, 2.24) is 5.32 Å². The molecule has 236 valence electrons. The average Bonchev–Trinajstić information content (AvgIpc) is 3.33. The van der Waals surface area contributed by atoms with Gasteiger partial charge in [0.15, 0.2) is 48.5 Å². The first-order valence-electron chi connectivity index (χ1n) is 13.4. The lowest BCUT2D eigenvalue weighted by atomic mass is 9.96. The summed E-state index contributed by atoms with van der Waals surface area (Å²) in [6.07, 6.45) is -11.8. The van der Waals surface area contributed by atoms with Crippen LogP contribution in [0.2, 0.25) is 0 Å². The summed E-state index contributed by atoms with van der Waals surface area (Å²) in [6, 6.07) is 0. The number of fused-ring (bicyclic) bond motifs is 3. The van der Waals surface area contributed by atoms with Crippen molar-refractivity contribution in [3.63, 3.8) is 0 Å². The fourth-order valence-electron chi connectivity index (χ4n) is 5.39. The lowest BCUT2D eigenvalue weighted by Crippen LogP contribution is -2.68. The van der Waals surface area contributed by atoms with Gasteiger partial charge in [0.05, 0.1) is 0 Å². The molecule has 0 aliphatic carbocycles. The number of hydrogen-bond donors (Lipinski definition) is 1. The van der Waals surface area contributed by atoms with E-state index in [-0.39, 0.29) is 0 Å². The maximum absolute atomic E-state index is 13.8.